The summed E-state index contributed by atoms with van der Waals surface area (Å²) in [5.41, 5.74) is 7.29. The Labute approximate surface area is 114 Å². The van der Waals surface area contributed by atoms with Gasteiger partial charge < -0.3 is 15.6 Å². The Morgan fingerprint density at radius 3 is 2.42 bits per heavy atom. The standard InChI is InChI=1S/C14H22N2O3/c1-11(14(15)18)16(7-8-19-2)9-12-3-5-13(10-17)6-4-12/h3-6,11,17H,7-10H2,1-2H3,(H2,15,18). The highest BCUT2D eigenvalue weighted by molar-refractivity contribution is 5.79. The van der Waals surface area contributed by atoms with Crippen LogP contribution in [0.4, 0.5) is 0 Å². The number of aliphatic hydroxyl groups excluding tert-OH is 1. The van der Waals surface area contributed by atoms with E-state index in [-0.39, 0.29) is 18.6 Å². The molecule has 19 heavy (non-hydrogen) atoms. The molecule has 3 N–H and O–H groups in total. The van der Waals surface area contributed by atoms with Gasteiger partial charge in [0.2, 0.25) is 5.91 Å². The Bertz CT molecular complexity index is 392. The second-order valence-corrected chi connectivity index (χ2v) is 4.52. The molecule has 0 spiro atoms. The highest BCUT2D eigenvalue weighted by atomic mass is 16.5. The summed E-state index contributed by atoms with van der Waals surface area (Å²) in [4.78, 5) is 13.3. The van der Waals surface area contributed by atoms with Gasteiger partial charge in [-0.3, -0.25) is 9.69 Å². The molecule has 0 heterocycles. The van der Waals surface area contributed by atoms with Crippen molar-refractivity contribution in [1.29, 1.82) is 0 Å². The maximum absolute atomic E-state index is 11.3. The first-order valence-corrected chi connectivity index (χ1v) is 6.29. The average molecular weight is 266 g/mol. The fourth-order valence-corrected chi connectivity index (χ4v) is 1.78. The lowest BCUT2D eigenvalue weighted by atomic mass is 10.1. The predicted octanol–water partition coefficient (Wildman–Crippen LogP) is 0.501. The average Bonchev–Trinajstić information content (AvgIpc) is 2.43. The smallest absolute Gasteiger partial charge is 0.234 e. The topological polar surface area (TPSA) is 75.8 Å². The number of aliphatic hydroxyl groups is 1. The largest absolute Gasteiger partial charge is 0.392 e. The molecule has 0 aliphatic heterocycles. The molecule has 1 unspecified atom stereocenters. The van der Waals surface area contributed by atoms with Crippen molar-refractivity contribution in [3.8, 4) is 0 Å². The van der Waals surface area contributed by atoms with Crippen LogP contribution in [-0.4, -0.2) is 42.2 Å². The number of hydrogen-bond donors (Lipinski definition) is 2. The number of nitrogens with zero attached hydrogens (tertiary/aromatic N) is 1. The number of benzene rings is 1. The molecular formula is C14H22N2O3. The molecule has 5 heteroatoms. The van der Waals surface area contributed by atoms with Crippen LogP contribution in [0.25, 0.3) is 0 Å². The number of hydrogen-bond acceptors (Lipinski definition) is 4. The van der Waals surface area contributed by atoms with E-state index in [2.05, 4.69) is 0 Å². The Kier molecular flexibility index (Phi) is 6.49. The monoisotopic (exact) mass is 266 g/mol. The van der Waals surface area contributed by atoms with Crippen molar-refractivity contribution in [3.05, 3.63) is 35.4 Å². The number of amides is 1. The van der Waals surface area contributed by atoms with Crippen LogP contribution in [0.2, 0.25) is 0 Å². The van der Waals surface area contributed by atoms with Crippen molar-refractivity contribution in [3.63, 3.8) is 0 Å². The second kappa shape index (κ2) is 7.89. The van der Waals surface area contributed by atoms with Gasteiger partial charge in [0.1, 0.15) is 0 Å². The van der Waals surface area contributed by atoms with Gasteiger partial charge in [0.25, 0.3) is 0 Å². The minimum atomic E-state index is -0.344. The lowest BCUT2D eigenvalue weighted by Crippen LogP contribution is -2.43. The summed E-state index contributed by atoms with van der Waals surface area (Å²) in [7, 11) is 1.63. The van der Waals surface area contributed by atoms with E-state index in [4.69, 9.17) is 15.6 Å². The molecule has 0 aliphatic rings. The van der Waals surface area contributed by atoms with Crippen molar-refractivity contribution in [2.24, 2.45) is 5.73 Å². The summed E-state index contributed by atoms with van der Waals surface area (Å²) >= 11 is 0. The fourth-order valence-electron chi connectivity index (χ4n) is 1.78. The molecule has 5 nitrogen and oxygen atoms in total. The zero-order valence-electron chi connectivity index (χ0n) is 11.5. The van der Waals surface area contributed by atoms with E-state index in [1.54, 1.807) is 14.0 Å². The van der Waals surface area contributed by atoms with E-state index >= 15 is 0 Å². The summed E-state index contributed by atoms with van der Waals surface area (Å²) in [6.45, 7) is 3.64. The maximum Gasteiger partial charge on any atom is 0.234 e. The molecule has 0 aliphatic carbocycles. The number of methoxy groups -OCH3 is 1. The third kappa shape index (κ3) is 4.98. The second-order valence-electron chi connectivity index (χ2n) is 4.52. The van der Waals surface area contributed by atoms with Gasteiger partial charge in [-0.05, 0) is 18.1 Å². The van der Waals surface area contributed by atoms with E-state index in [9.17, 15) is 4.79 Å². The van der Waals surface area contributed by atoms with Crippen molar-refractivity contribution in [2.45, 2.75) is 26.1 Å². The molecule has 1 rings (SSSR count). The van der Waals surface area contributed by atoms with Gasteiger partial charge in [-0.2, -0.15) is 0 Å². The molecular weight excluding hydrogens is 244 g/mol. The Hall–Kier alpha value is -1.43. The third-order valence-corrected chi connectivity index (χ3v) is 3.13. The molecule has 0 saturated carbocycles. The van der Waals surface area contributed by atoms with Crippen LogP contribution in [0.15, 0.2) is 24.3 Å². The number of nitrogens with two attached hydrogens (primary N) is 1. The van der Waals surface area contributed by atoms with E-state index in [1.807, 2.05) is 29.2 Å². The molecule has 106 valence electrons. The van der Waals surface area contributed by atoms with Crippen LogP contribution in [-0.2, 0) is 22.7 Å². The van der Waals surface area contributed by atoms with Crippen molar-refractivity contribution < 1.29 is 14.6 Å². The van der Waals surface area contributed by atoms with Gasteiger partial charge in [-0.1, -0.05) is 24.3 Å². The molecule has 1 amide bonds. The normalized spacial score (nSPS) is 12.6. The van der Waals surface area contributed by atoms with E-state index in [1.165, 1.54) is 0 Å². The molecule has 0 fully saturated rings. The van der Waals surface area contributed by atoms with E-state index < -0.39 is 0 Å². The summed E-state index contributed by atoms with van der Waals surface area (Å²) in [5, 5.41) is 9.00. The van der Waals surface area contributed by atoms with Crippen LogP contribution in [0.1, 0.15) is 18.1 Å². The first-order valence-electron chi connectivity index (χ1n) is 6.29. The van der Waals surface area contributed by atoms with Gasteiger partial charge in [-0.15, -0.1) is 0 Å². The van der Waals surface area contributed by atoms with Crippen molar-refractivity contribution >= 4 is 5.91 Å². The third-order valence-electron chi connectivity index (χ3n) is 3.13. The van der Waals surface area contributed by atoms with Crippen molar-refractivity contribution in [1.82, 2.24) is 4.90 Å². The van der Waals surface area contributed by atoms with Crippen LogP contribution < -0.4 is 5.73 Å². The summed E-state index contributed by atoms with van der Waals surface area (Å²) in [5.74, 6) is -0.344. The summed E-state index contributed by atoms with van der Waals surface area (Å²) in [6, 6.07) is 7.29. The first-order chi connectivity index (χ1) is 9.08. The lowest BCUT2D eigenvalue weighted by Gasteiger charge is -2.26. The number of carbonyl (C=O) groups is 1. The maximum atomic E-state index is 11.3. The highest BCUT2D eigenvalue weighted by Gasteiger charge is 2.18. The zero-order chi connectivity index (χ0) is 14.3. The SMILES string of the molecule is COCCN(Cc1ccc(CO)cc1)C(C)C(N)=O. The number of ether oxygens (including phenoxy) is 1. The Balaban J connectivity index is 2.71. The van der Waals surface area contributed by atoms with Crippen LogP contribution in [0, 0.1) is 0 Å². The Morgan fingerprint density at radius 1 is 1.37 bits per heavy atom. The predicted molar refractivity (Wildman–Crippen MR) is 73.3 cm³/mol. The number of carbonyl (C=O) groups excluding carboxylic acids is 1. The van der Waals surface area contributed by atoms with Crippen LogP contribution >= 0.6 is 0 Å². The lowest BCUT2D eigenvalue weighted by molar-refractivity contribution is -0.123. The molecule has 1 atom stereocenters. The van der Waals surface area contributed by atoms with E-state index in [0.717, 1.165) is 11.1 Å². The molecule has 1 aromatic rings. The molecule has 0 radical (unpaired) electrons. The van der Waals surface area contributed by atoms with Crippen LogP contribution in [0.5, 0.6) is 0 Å². The molecule has 0 saturated heterocycles. The van der Waals surface area contributed by atoms with Crippen molar-refractivity contribution in [2.75, 3.05) is 20.3 Å². The molecule has 0 bridgehead atoms. The number of primary amides is 1. The highest BCUT2D eigenvalue weighted by Crippen LogP contribution is 2.10. The number of rotatable bonds is 8. The zero-order valence-corrected chi connectivity index (χ0v) is 11.5. The van der Waals surface area contributed by atoms with Gasteiger partial charge in [0, 0.05) is 20.2 Å². The summed E-state index contributed by atoms with van der Waals surface area (Å²) in [6.07, 6.45) is 0. The molecule has 0 aromatic heterocycles. The van der Waals surface area contributed by atoms with Gasteiger partial charge >= 0.3 is 0 Å². The minimum Gasteiger partial charge on any atom is -0.392 e. The minimum absolute atomic E-state index is 0.0331. The molecule has 1 aromatic carbocycles. The van der Waals surface area contributed by atoms with Gasteiger partial charge in [0.15, 0.2) is 0 Å². The van der Waals surface area contributed by atoms with Crippen LogP contribution in [0.3, 0.4) is 0 Å². The van der Waals surface area contributed by atoms with E-state index in [0.29, 0.717) is 19.7 Å². The first kappa shape index (κ1) is 15.6. The fraction of sp³-hybridized carbons (Fsp3) is 0.500. The quantitative estimate of drug-likeness (QED) is 0.718. The van der Waals surface area contributed by atoms with Gasteiger partial charge in [0.05, 0.1) is 19.3 Å². The summed E-state index contributed by atoms with van der Waals surface area (Å²) < 4.78 is 5.05. The van der Waals surface area contributed by atoms with Gasteiger partial charge in [-0.25, -0.2) is 0 Å². The Morgan fingerprint density at radius 2 is 1.95 bits per heavy atom.